The minimum Gasteiger partial charge on any atom is -0.472 e. The number of aliphatic hydroxyl groups is 1. The maximum Gasteiger partial charge on any atom is 0.221 e. The first-order valence-corrected chi connectivity index (χ1v) is 11.9. The second-order valence-corrected chi connectivity index (χ2v) is 9.69. The van der Waals surface area contributed by atoms with Gasteiger partial charge in [-0.15, -0.1) is 0 Å². The van der Waals surface area contributed by atoms with Crippen LogP contribution in [-0.2, 0) is 6.61 Å². The molecule has 0 radical (unpaired) electrons. The SMILES string of the molecule is Cc1ccc(-c2ccc(N3CCC4(CC3)CC(CO)C4)c(F)c2)c(OCc2ccccc2)n1. The van der Waals surface area contributed by atoms with Crippen LogP contribution < -0.4 is 9.64 Å². The summed E-state index contributed by atoms with van der Waals surface area (Å²) < 4.78 is 21.3. The van der Waals surface area contributed by atoms with Gasteiger partial charge in [0.2, 0.25) is 5.88 Å². The zero-order valence-corrected chi connectivity index (χ0v) is 19.1. The highest BCUT2D eigenvalue weighted by Gasteiger charge is 2.45. The number of aromatic nitrogens is 1. The molecule has 0 amide bonds. The van der Waals surface area contributed by atoms with Gasteiger partial charge in [0, 0.05) is 31.0 Å². The van der Waals surface area contributed by atoms with Crippen molar-refractivity contribution in [3.05, 3.63) is 77.7 Å². The number of halogens is 1. The van der Waals surface area contributed by atoms with Crippen molar-refractivity contribution < 1.29 is 14.2 Å². The average Bonchev–Trinajstić information content (AvgIpc) is 2.82. The maximum atomic E-state index is 15.3. The van der Waals surface area contributed by atoms with Crippen molar-refractivity contribution in [2.24, 2.45) is 11.3 Å². The summed E-state index contributed by atoms with van der Waals surface area (Å²) in [5.41, 5.74) is 4.53. The second kappa shape index (κ2) is 9.14. The van der Waals surface area contributed by atoms with Crippen LogP contribution in [0.15, 0.2) is 60.7 Å². The standard InChI is InChI=1S/C28H31FN2O2/c1-20-7-9-24(27(30-20)33-19-21-5-3-2-4-6-21)23-8-10-26(25(29)15-23)31-13-11-28(12-14-31)16-22(17-28)18-32/h2-10,15,22,32H,11-14,16-19H2,1H3. The molecule has 0 unspecified atom stereocenters. The monoisotopic (exact) mass is 446 g/mol. The molecule has 33 heavy (non-hydrogen) atoms. The number of aliphatic hydroxyl groups excluding tert-OH is 1. The summed E-state index contributed by atoms with van der Waals surface area (Å²) in [6.45, 7) is 4.37. The highest BCUT2D eigenvalue weighted by molar-refractivity contribution is 5.71. The van der Waals surface area contributed by atoms with E-state index in [-0.39, 0.29) is 5.82 Å². The average molecular weight is 447 g/mol. The normalized spacial score (nSPS) is 17.7. The molecule has 4 nitrogen and oxygen atoms in total. The lowest BCUT2D eigenvalue weighted by Gasteiger charge is -2.52. The highest BCUT2D eigenvalue weighted by Crippen LogP contribution is 2.52. The van der Waals surface area contributed by atoms with Gasteiger partial charge in [0.05, 0.1) is 5.69 Å². The molecule has 0 bridgehead atoms. The number of anilines is 1. The third-order valence-corrected chi connectivity index (χ3v) is 7.34. The fourth-order valence-corrected chi connectivity index (χ4v) is 5.44. The lowest BCUT2D eigenvalue weighted by Crippen LogP contribution is -2.48. The van der Waals surface area contributed by atoms with Crippen LogP contribution in [0.3, 0.4) is 0 Å². The first-order valence-electron chi connectivity index (χ1n) is 11.9. The Morgan fingerprint density at radius 1 is 1.06 bits per heavy atom. The molecule has 2 fully saturated rings. The summed E-state index contributed by atoms with van der Waals surface area (Å²) >= 11 is 0. The van der Waals surface area contributed by atoms with E-state index in [9.17, 15) is 5.11 Å². The lowest BCUT2D eigenvalue weighted by molar-refractivity contribution is -0.00304. The molecule has 5 heteroatoms. The number of hydrogen-bond acceptors (Lipinski definition) is 4. The van der Waals surface area contributed by atoms with Crippen LogP contribution in [-0.4, -0.2) is 29.8 Å². The molecule has 1 aliphatic heterocycles. The molecule has 1 aromatic heterocycles. The van der Waals surface area contributed by atoms with E-state index in [1.54, 1.807) is 6.07 Å². The molecule has 2 aliphatic rings. The summed E-state index contributed by atoms with van der Waals surface area (Å²) in [5, 5.41) is 9.34. The van der Waals surface area contributed by atoms with Gasteiger partial charge in [-0.2, -0.15) is 0 Å². The van der Waals surface area contributed by atoms with Crippen molar-refractivity contribution in [3.63, 3.8) is 0 Å². The number of hydrogen-bond donors (Lipinski definition) is 1. The Bertz CT molecular complexity index is 1100. The Morgan fingerprint density at radius 2 is 1.82 bits per heavy atom. The molecular weight excluding hydrogens is 415 g/mol. The molecule has 1 spiro atoms. The van der Waals surface area contributed by atoms with E-state index in [0.29, 0.717) is 36.1 Å². The summed E-state index contributed by atoms with van der Waals surface area (Å²) in [5.74, 6) is 0.781. The number of piperidine rings is 1. The second-order valence-electron chi connectivity index (χ2n) is 9.69. The van der Waals surface area contributed by atoms with Crippen molar-refractivity contribution >= 4 is 5.69 Å². The maximum absolute atomic E-state index is 15.3. The lowest BCUT2D eigenvalue weighted by atomic mass is 9.58. The minimum atomic E-state index is -0.208. The quantitative estimate of drug-likeness (QED) is 0.523. The zero-order valence-electron chi connectivity index (χ0n) is 19.1. The fourth-order valence-electron chi connectivity index (χ4n) is 5.44. The van der Waals surface area contributed by atoms with Gasteiger partial charge in [-0.25, -0.2) is 9.37 Å². The predicted molar refractivity (Wildman–Crippen MR) is 129 cm³/mol. The fraction of sp³-hybridized carbons (Fsp3) is 0.393. The number of rotatable bonds is 6. The number of benzene rings is 2. The third-order valence-electron chi connectivity index (χ3n) is 7.34. The Balaban J connectivity index is 1.31. The molecule has 0 atom stereocenters. The number of pyridine rings is 1. The number of aryl methyl sites for hydroxylation is 1. The summed E-state index contributed by atoms with van der Waals surface area (Å²) in [6, 6.07) is 19.3. The van der Waals surface area contributed by atoms with Crippen molar-refractivity contribution in [2.45, 2.75) is 39.2 Å². The van der Waals surface area contributed by atoms with E-state index in [2.05, 4.69) is 9.88 Å². The molecule has 1 N–H and O–H groups in total. The topological polar surface area (TPSA) is 45.6 Å². The summed E-state index contributed by atoms with van der Waals surface area (Å²) in [6.07, 6.45) is 4.38. The van der Waals surface area contributed by atoms with Crippen LogP contribution >= 0.6 is 0 Å². The van der Waals surface area contributed by atoms with Crippen molar-refractivity contribution in [1.82, 2.24) is 4.98 Å². The van der Waals surface area contributed by atoms with Crippen molar-refractivity contribution in [2.75, 3.05) is 24.6 Å². The molecule has 1 saturated carbocycles. The van der Waals surface area contributed by atoms with Gasteiger partial charge in [-0.05, 0) is 79.3 Å². The van der Waals surface area contributed by atoms with Crippen molar-refractivity contribution in [3.8, 4) is 17.0 Å². The van der Waals surface area contributed by atoms with Gasteiger partial charge in [0.25, 0.3) is 0 Å². The van der Waals surface area contributed by atoms with Gasteiger partial charge in [0.1, 0.15) is 12.4 Å². The van der Waals surface area contributed by atoms with E-state index < -0.39 is 0 Å². The largest absolute Gasteiger partial charge is 0.472 e. The zero-order chi connectivity index (χ0) is 22.8. The van der Waals surface area contributed by atoms with E-state index >= 15 is 4.39 Å². The van der Waals surface area contributed by atoms with E-state index in [1.807, 2.05) is 61.5 Å². The van der Waals surface area contributed by atoms with Crippen LogP contribution in [0.4, 0.5) is 10.1 Å². The first kappa shape index (κ1) is 21.9. The molecule has 2 aromatic carbocycles. The Morgan fingerprint density at radius 3 is 2.52 bits per heavy atom. The Kier molecular flexibility index (Phi) is 6.07. The smallest absolute Gasteiger partial charge is 0.221 e. The molecule has 172 valence electrons. The van der Waals surface area contributed by atoms with E-state index in [1.165, 1.54) is 0 Å². The van der Waals surface area contributed by atoms with Crippen LogP contribution in [0, 0.1) is 24.1 Å². The first-order chi connectivity index (χ1) is 16.0. The van der Waals surface area contributed by atoms with Gasteiger partial charge < -0.3 is 14.7 Å². The Labute approximate surface area is 195 Å². The third kappa shape index (κ3) is 4.60. The van der Waals surface area contributed by atoms with E-state index in [0.717, 1.165) is 61.2 Å². The van der Waals surface area contributed by atoms with Gasteiger partial charge in [-0.3, -0.25) is 0 Å². The summed E-state index contributed by atoms with van der Waals surface area (Å²) in [7, 11) is 0. The molecular formula is C28H31FN2O2. The summed E-state index contributed by atoms with van der Waals surface area (Å²) in [4.78, 5) is 6.74. The van der Waals surface area contributed by atoms with Gasteiger partial charge >= 0.3 is 0 Å². The molecule has 1 saturated heterocycles. The molecule has 2 heterocycles. The van der Waals surface area contributed by atoms with Gasteiger partial charge in [-0.1, -0.05) is 36.4 Å². The van der Waals surface area contributed by atoms with Crippen LogP contribution in [0.5, 0.6) is 5.88 Å². The molecule has 5 rings (SSSR count). The predicted octanol–water partition coefficient (Wildman–Crippen LogP) is 5.76. The number of nitrogens with zero attached hydrogens (tertiary/aromatic N) is 2. The van der Waals surface area contributed by atoms with E-state index in [4.69, 9.17) is 4.74 Å². The van der Waals surface area contributed by atoms with Gasteiger partial charge in [0.15, 0.2) is 0 Å². The highest BCUT2D eigenvalue weighted by atomic mass is 19.1. The Hall–Kier alpha value is -2.92. The van der Waals surface area contributed by atoms with Crippen LogP contribution in [0.25, 0.3) is 11.1 Å². The molecule has 3 aromatic rings. The van der Waals surface area contributed by atoms with Crippen LogP contribution in [0.1, 0.15) is 36.9 Å². The molecule has 1 aliphatic carbocycles. The van der Waals surface area contributed by atoms with Crippen LogP contribution in [0.2, 0.25) is 0 Å². The van der Waals surface area contributed by atoms with Crippen molar-refractivity contribution in [1.29, 1.82) is 0 Å². The minimum absolute atomic E-state index is 0.208. The number of ether oxygens (including phenoxy) is 1.